The second kappa shape index (κ2) is 5.18. The van der Waals surface area contributed by atoms with E-state index in [4.69, 9.17) is 10.5 Å². The number of hydrogen-bond acceptors (Lipinski definition) is 4. The lowest BCUT2D eigenvalue weighted by molar-refractivity contribution is -0.386. The zero-order valence-electron chi connectivity index (χ0n) is 9.14. The van der Waals surface area contributed by atoms with E-state index in [9.17, 15) is 10.1 Å². The molecule has 0 bridgehead atoms. The predicted molar refractivity (Wildman–Crippen MR) is 72.1 cm³/mol. The molecule has 0 aromatic heterocycles. The molecule has 1 aliphatic rings. The van der Waals surface area contributed by atoms with Gasteiger partial charge in [-0.2, -0.15) is 0 Å². The number of nitrogens with two attached hydrogens (primary N) is 1. The van der Waals surface area contributed by atoms with Gasteiger partial charge in [0.1, 0.15) is 6.10 Å². The molecule has 1 aromatic rings. The van der Waals surface area contributed by atoms with Crippen molar-refractivity contribution in [3.63, 3.8) is 0 Å². The van der Waals surface area contributed by atoms with E-state index >= 15 is 0 Å². The van der Waals surface area contributed by atoms with Crippen LogP contribution in [0.3, 0.4) is 0 Å². The van der Waals surface area contributed by atoms with Gasteiger partial charge in [0.05, 0.1) is 4.92 Å². The molecule has 6 heteroatoms. The van der Waals surface area contributed by atoms with Crippen molar-refractivity contribution in [2.75, 3.05) is 0 Å². The second-order valence-corrected chi connectivity index (χ2v) is 5.37. The lowest BCUT2D eigenvalue weighted by atomic mass is 10.2. The predicted octanol–water partition coefficient (Wildman–Crippen LogP) is 2.46. The Labute approximate surface area is 113 Å². The molecular formula is C11H13IN2O3. The summed E-state index contributed by atoms with van der Waals surface area (Å²) in [6.07, 6.45) is 2.70. The molecule has 1 saturated carbocycles. The van der Waals surface area contributed by atoms with Gasteiger partial charge < -0.3 is 10.5 Å². The van der Waals surface area contributed by atoms with Crippen LogP contribution in [-0.4, -0.2) is 17.1 Å². The third kappa shape index (κ3) is 2.86. The third-order valence-corrected chi connectivity index (χ3v) is 3.57. The molecule has 0 aliphatic heterocycles. The van der Waals surface area contributed by atoms with Crippen LogP contribution in [0.5, 0.6) is 5.75 Å². The number of rotatable bonds is 3. The van der Waals surface area contributed by atoms with Crippen LogP contribution >= 0.6 is 22.6 Å². The Hall–Kier alpha value is -0.890. The van der Waals surface area contributed by atoms with Crippen molar-refractivity contribution in [3.05, 3.63) is 31.9 Å². The van der Waals surface area contributed by atoms with Gasteiger partial charge in [-0.15, -0.1) is 0 Å². The first kappa shape index (κ1) is 12.6. The molecule has 2 rings (SSSR count). The van der Waals surface area contributed by atoms with Crippen molar-refractivity contribution in [1.82, 2.24) is 0 Å². The normalized spacial score (nSPS) is 23.6. The quantitative estimate of drug-likeness (QED) is 0.517. The lowest BCUT2D eigenvalue weighted by Gasteiger charge is -2.17. The van der Waals surface area contributed by atoms with Crippen LogP contribution in [0.25, 0.3) is 0 Å². The van der Waals surface area contributed by atoms with Gasteiger partial charge in [0.15, 0.2) is 5.75 Å². The van der Waals surface area contributed by atoms with Crippen LogP contribution in [-0.2, 0) is 0 Å². The fourth-order valence-electron chi connectivity index (χ4n) is 2.00. The van der Waals surface area contributed by atoms with E-state index in [2.05, 4.69) is 0 Å². The van der Waals surface area contributed by atoms with Gasteiger partial charge in [0.2, 0.25) is 0 Å². The Morgan fingerprint density at radius 3 is 2.82 bits per heavy atom. The standard InChI is InChI=1S/C11H13IN2O3/c12-7-4-5-11(9(6-7)14(15)16)17-10-3-1-2-8(10)13/h4-6,8,10H,1-3,13H2. The van der Waals surface area contributed by atoms with Crippen LogP contribution in [0.4, 0.5) is 5.69 Å². The first-order chi connectivity index (χ1) is 8.08. The smallest absolute Gasteiger partial charge is 0.311 e. The lowest BCUT2D eigenvalue weighted by Crippen LogP contribution is -2.33. The Balaban J connectivity index is 2.22. The summed E-state index contributed by atoms with van der Waals surface area (Å²) < 4.78 is 6.48. The number of nitro benzene ring substituents is 1. The number of ether oxygens (including phenoxy) is 1. The highest BCUT2D eigenvalue weighted by Gasteiger charge is 2.28. The van der Waals surface area contributed by atoms with E-state index in [1.807, 2.05) is 22.6 Å². The van der Waals surface area contributed by atoms with Crippen LogP contribution in [0.2, 0.25) is 0 Å². The van der Waals surface area contributed by atoms with E-state index in [1.54, 1.807) is 12.1 Å². The highest BCUT2D eigenvalue weighted by Crippen LogP contribution is 2.32. The molecule has 92 valence electrons. The van der Waals surface area contributed by atoms with Gasteiger partial charge in [-0.1, -0.05) is 0 Å². The van der Waals surface area contributed by atoms with Gasteiger partial charge in [-0.25, -0.2) is 0 Å². The summed E-state index contributed by atoms with van der Waals surface area (Å²) in [5.74, 6) is 0.317. The topological polar surface area (TPSA) is 78.4 Å². The number of halogens is 1. The molecule has 5 nitrogen and oxygen atoms in total. The zero-order chi connectivity index (χ0) is 12.4. The second-order valence-electron chi connectivity index (χ2n) is 4.12. The monoisotopic (exact) mass is 348 g/mol. The Kier molecular flexibility index (Phi) is 3.82. The zero-order valence-corrected chi connectivity index (χ0v) is 11.3. The summed E-state index contributed by atoms with van der Waals surface area (Å²) >= 11 is 2.04. The highest BCUT2D eigenvalue weighted by atomic mass is 127. The molecule has 1 aliphatic carbocycles. The minimum absolute atomic E-state index is 0.0102. The molecule has 0 heterocycles. The highest BCUT2D eigenvalue weighted by molar-refractivity contribution is 14.1. The van der Waals surface area contributed by atoms with Crippen molar-refractivity contribution >= 4 is 28.3 Å². The third-order valence-electron chi connectivity index (χ3n) is 2.90. The fraction of sp³-hybridized carbons (Fsp3) is 0.455. The van der Waals surface area contributed by atoms with Gasteiger partial charge in [0.25, 0.3) is 0 Å². The van der Waals surface area contributed by atoms with Gasteiger partial charge >= 0.3 is 5.69 Å². The molecule has 17 heavy (non-hydrogen) atoms. The van der Waals surface area contributed by atoms with Gasteiger partial charge in [-0.05, 0) is 54.0 Å². The summed E-state index contributed by atoms with van der Waals surface area (Å²) in [6.45, 7) is 0. The van der Waals surface area contributed by atoms with E-state index in [0.717, 1.165) is 22.8 Å². The maximum absolute atomic E-state index is 10.9. The van der Waals surface area contributed by atoms with E-state index < -0.39 is 4.92 Å². The molecule has 0 saturated heterocycles. The van der Waals surface area contributed by atoms with Crippen molar-refractivity contribution in [2.45, 2.75) is 31.4 Å². The van der Waals surface area contributed by atoms with Gasteiger partial charge in [-0.3, -0.25) is 10.1 Å². The minimum Gasteiger partial charge on any atom is -0.482 e. The molecule has 0 amide bonds. The first-order valence-electron chi connectivity index (χ1n) is 5.44. The summed E-state index contributed by atoms with van der Waals surface area (Å²) in [6, 6.07) is 4.93. The molecule has 2 N–H and O–H groups in total. The Morgan fingerprint density at radius 2 is 2.24 bits per heavy atom. The molecule has 2 unspecified atom stereocenters. The molecule has 1 aromatic carbocycles. The average Bonchev–Trinajstić information content (AvgIpc) is 2.67. The average molecular weight is 348 g/mol. The molecule has 1 fully saturated rings. The van der Waals surface area contributed by atoms with Gasteiger partial charge in [0, 0.05) is 15.7 Å². The summed E-state index contributed by atoms with van der Waals surface area (Å²) in [7, 11) is 0. The van der Waals surface area contributed by atoms with E-state index in [0.29, 0.717) is 5.75 Å². The van der Waals surface area contributed by atoms with Crippen molar-refractivity contribution < 1.29 is 9.66 Å². The maximum atomic E-state index is 10.9. The number of nitro groups is 1. The maximum Gasteiger partial charge on any atom is 0.311 e. The molecule has 2 atom stereocenters. The largest absolute Gasteiger partial charge is 0.482 e. The summed E-state index contributed by atoms with van der Waals surface area (Å²) in [5, 5.41) is 10.9. The van der Waals surface area contributed by atoms with Crippen LogP contribution < -0.4 is 10.5 Å². The molecular weight excluding hydrogens is 335 g/mol. The van der Waals surface area contributed by atoms with Crippen LogP contribution in [0, 0.1) is 13.7 Å². The summed E-state index contributed by atoms with van der Waals surface area (Å²) in [4.78, 5) is 10.5. The Morgan fingerprint density at radius 1 is 1.47 bits per heavy atom. The molecule has 0 spiro atoms. The van der Waals surface area contributed by atoms with Crippen molar-refractivity contribution in [2.24, 2.45) is 5.73 Å². The van der Waals surface area contributed by atoms with Crippen molar-refractivity contribution in [3.8, 4) is 5.75 Å². The Bertz CT molecular complexity index is 439. The van der Waals surface area contributed by atoms with Crippen LogP contribution in [0.15, 0.2) is 18.2 Å². The number of benzene rings is 1. The first-order valence-corrected chi connectivity index (χ1v) is 6.52. The number of hydrogen-bond donors (Lipinski definition) is 1. The van der Waals surface area contributed by atoms with Crippen LogP contribution in [0.1, 0.15) is 19.3 Å². The van der Waals surface area contributed by atoms with E-state index in [-0.39, 0.29) is 17.8 Å². The fourth-order valence-corrected chi connectivity index (χ4v) is 2.47. The summed E-state index contributed by atoms with van der Waals surface area (Å²) in [5.41, 5.74) is 5.90. The minimum atomic E-state index is -0.419. The SMILES string of the molecule is NC1CCCC1Oc1ccc(I)cc1[N+](=O)[O-]. The number of nitrogens with zero attached hydrogens (tertiary/aromatic N) is 1. The molecule has 0 radical (unpaired) electrons. The van der Waals surface area contributed by atoms with E-state index in [1.165, 1.54) is 6.07 Å². The van der Waals surface area contributed by atoms with Crippen molar-refractivity contribution in [1.29, 1.82) is 0 Å².